The number of carbonyl (C=O) groups is 2. The van der Waals surface area contributed by atoms with E-state index in [1.807, 2.05) is 68.4 Å². The second-order valence-electron chi connectivity index (χ2n) is 7.66. The molecule has 0 unspecified atom stereocenters. The highest BCUT2D eigenvalue weighted by Crippen LogP contribution is 2.14. The topological polar surface area (TPSA) is 93.0 Å². The molecule has 0 aliphatic heterocycles. The van der Waals surface area contributed by atoms with Gasteiger partial charge < -0.3 is 10.2 Å². The van der Waals surface area contributed by atoms with Gasteiger partial charge in [-0.1, -0.05) is 42.5 Å². The molecular weight excluding hydrogens is 392 g/mol. The van der Waals surface area contributed by atoms with Gasteiger partial charge in [0, 0.05) is 37.2 Å². The third-order valence-corrected chi connectivity index (χ3v) is 4.87. The minimum atomic E-state index is -0.0660. The van der Waals surface area contributed by atoms with E-state index in [1.165, 1.54) is 4.80 Å². The number of carbonyl (C=O) groups excluding carboxylic acids is 2. The molecule has 0 radical (unpaired) electrons. The van der Waals surface area contributed by atoms with E-state index in [1.54, 1.807) is 11.8 Å². The maximum Gasteiger partial charge on any atom is 0.224 e. The number of benzene rings is 2. The largest absolute Gasteiger partial charge is 0.336 e. The summed E-state index contributed by atoms with van der Waals surface area (Å²) in [6.45, 7) is 6.63. The molecule has 31 heavy (non-hydrogen) atoms. The summed E-state index contributed by atoms with van der Waals surface area (Å²) in [4.78, 5) is 27.3. The Bertz CT molecular complexity index is 998. The monoisotopic (exact) mass is 420 g/mol. The van der Waals surface area contributed by atoms with Crippen LogP contribution in [0.15, 0.2) is 54.6 Å². The number of nitrogens with zero attached hydrogens (tertiary/aromatic N) is 5. The van der Waals surface area contributed by atoms with Crippen LogP contribution in [0, 0.1) is 0 Å². The Morgan fingerprint density at radius 3 is 2.42 bits per heavy atom. The highest BCUT2D eigenvalue weighted by Gasteiger charge is 2.13. The molecule has 0 bridgehead atoms. The van der Waals surface area contributed by atoms with Crippen molar-refractivity contribution >= 4 is 17.5 Å². The minimum Gasteiger partial charge on any atom is -0.336 e. The molecule has 0 fully saturated rings. The van der Waals surface area contributed by atoms with E-state index in [4.69, 9.17) is 0 Å². The fourth-order valence-electron chi connectivity index (χ4n) is 3.19. The number of hydrogen-bond acceptors (Lipinski definition) is 5. The van der Waals surface area contributed by atoms with Gasteiger partial charge in [0.1, 0.15) is 0 Å². The molecule has 1 N–H and O–H groups in total. The molecule has 0 spiro atoms. The molecule has 0 atom stereocenters. The van der Waals surface area contributed by atoms with Crippen molar-refractivity contribution < 1.29 is 9.59 Å². The van der Waals surface area contributed by atoms with Crippen molar-refractivity contribution in [2.75, 3.05) is 5.32 Å². The van der Waals surface area contributed by atoms with Crippen LogP contribution in [0.1, 0.15) is 39.2 Å². The lowest BCUT2D eigenvalue weighted by atomic mass is 10.1. The maximum atomic E-state index is 12.2. The van der Waals surface area contributed by atoms with Crippen LogP contribution in [0.4, 0.5) is 5.69 Å². The predicted octanol–water partition coefficient (Wildman–Crippen LogP) is 3.52. The molecule has 0 saturated heterocycles. The Hall–Kier alpha value is -3.55. The van der Waals surface area contributed by atoms with E-state index < -0.39 is 0 Å². The van der Waals surface area contributed by atoms with Gasteiger partial charge in [0.15, 0.2) is 0 Å². The van der Waals surface area contributed by atoms with Gasteiger partial charge in [-0.3, -0.25) is 9.59 Å². The number of anilines is 1. The second-order valence-corrected chi connectivity index (χ2v) is 7.66. The number of rotatable bonds is 9. The number of amides is 2. The SMILES string of the molecule is CC(=O)N(Cc1ccc(NC(=O)CCCn2nnc(-c3ccccc3)n2)cc1)C(C)C. The highest BCUT2D eigenvalue weighted by atomic mass is 16.2. The molecular formula is C23H28N6O2. The van der Waals surface area contributed by atoms with Crippen LogP contribution in [0.3, 0.4) is 0 Å². The molecule has 162 valence electrons. The fourth-order valence-corrected chi connectivity index (χ4v) is 3.19. The zero-order valence-electron chi connectivity index (χ0n) is 18.2. The summed E-state index contributed by atoms with van der Waals surface area (Å²) < 4.78 is 0. The Kier molecular flexibility index (Phi) is 7.48. The number of tetrazole rings is 1. The van der Waals surface area contributed by atoms with Gasteiger partial charge in [-0.25, -0.2) is 0 Å². The normalized spacial score (nSPS) is 10.8. The molecule has 0 aliphatic carbocycles. The number of hydrogen-bond donors (Lipinski definition) is 1. The number of nitrogens with one attached hydrogen (secondary N) is 1. The summed E-state index contributed by atoms with van der Waals surface area (Å²) in [5.41, 5.74) is 2.67. The average Bonchev–Trinajstić information content (AvgIpc) is 3.22. The number of aromatic nitrogens is 4. The lowest BCUT2D eigenvalue weighted by Gasteiger charge is -2.25. The smallest absolute Gasteiger partial charge is 0.224 e. The minimum absolute atomic E-state index is 0.0464. The van der Waals surface area contributed by atoms with Crippen molar-refractivity contribution in [2.45, 2.75) is 52.7 Å². The van der Waals surface area contributed by atoms with Crippen molar-refractivity contribution in [3.8, 4) is 11.4 Å². The molecule has 1 heterocycles. The van der Waals surface area contributed by atoms with Gasteiger partial charge in [0.2, 0.25) is 17.6 Å². The summed E-state index contributed by atoms with van der Waals surface area (Å²) in [6, 6.07) is 17.4. The molecule has 2 amide bonds. The molecule has 0 saturated carbocycles. The molecule has 0 aliphatic rings. The zero-order valence-corrected chi connectivity index (χ0v) is 18.2. The van der Waals surface area contributed by atoms with Crippen molar-refractivity contribution in [2.24, 2.45) is 0 Å². The van der Waals surface area contributed by atoms with Gasteiger partial charge in [-0.15, -0.1) is 10.2 Å². The van der Waals surface area contributed by atoms with Gasteiger partial charge in [-0.05, 0) is 43.2 Å². The van der Waals surface area contributed by atoms with Crippen LogP contribution in [-0.4, -0.2) is 43.0 Å². The Morgan fingerprint density at radius 2 is 1.77 bits per heavy atom. The van der Waals surface area contributed by atoms with Crippen LogP contribution < -0.4 is 5.32 Å². The first-order valence-corrected chi connectivity index (χ1v) is 10.4. The standard InChI is InChI=1S/C23H28N6O2/c1-17(2)28(18(3)30)16-19-11-13-21(14-12-19)24-22(31)10-7-15-29-26-23(25-27-29)20-8-5-4-6-9-20/h4-6,8-9,11-14,17H,7,10,15-16H2,1-3H3,(H,24,31). The van der Waals surface area contributed by atoms with Crippen LogP contribution in [-0.2, 0) is 22.7 Å². The molecule has 8 heteroatoms. The summed E-state index contributed by atoms with van der Waals surface area (Å²) >= 11 is 0. The van der Waals surface area contributed by atoms with Crippen LogP contribution in [0.2, 0.25) is 0 Å². The quantitative estimate of drug-likeness (QED) is 0.572. The number of aryl methyl sites for hydroxylation is 1. The van der Waals surface area contributed by atoms with Gasteiger partial charge in [-0.2, -0.15) is 4.80 Å². The molecule has 2 aromatic carbocycles. The van der Waals surface area contributed by atoms with E-state index in [0.29, 0.717) is 31.8 Å². The van der Waals surface area contributed by atoms with E-state index >= 15 is 0 Å². The zero-order chi connectivity index (χ0) is 22.2. The van der Waals surface area contributed by atoms with E-state index in [9.17, 15) is 9.59 Å². The Balaban J connectivity index is 1.45. The fraction of sp³-hybridized carbons (Fsp3) is 0.348. The second kappa shape index (κ2) is 10.5. The third-order valence-electron chi connectivity index (χ3n) is 4.87. The summed E-state index contributed by atoms with van der Waals surface area (Å²) in [6.07, 6.45) is 0.964. The molecule has 1 aromatic heterocycles. The van der Waals surface area contributed by atoms with Gasteiger partial charge in [0.25, 0.3) is 0 Å². The van der Waals surface area contributed by atoms with E-state index in [-0.39, 0.29) is 17.9 Å². The van der Waals surface area contributed by atoms with E-state index in [2.05, 4.69) is 20.7 Å². The maximum absolute atomic E-state index is 12.2. The first kappa shape index (κ1) is 22.1. The highest BCUT2D eigenvalue weighted by molar-refractivity contribution is 5.90. The Labute approximate surface area is 182 Å². The molecule has 3 aromatic rings. The van der Waals surface area contributed by atoms with Gasteiger partial charge in [0.05, 0.1) is 6.54 Å². The molecule has 8 nitrogen and oxygen atoms in total. The van der Waals surface area contributed by atoms with Crippen LogP contribution in [0.25, 0.3) is 11.4 Å². The van der Waals surface area contributed by atoms with Crippen molar-refractivity contribution in [1.82, 2.24) is 25.1 Å². The average molecular weight is 421 g/mol. The first-order valence-electron chi connectivity index (χ1n) is 10.4. The third kappa shape index (κ3) is 6.47. The van der Waals surface area contributed by atoms with Gasteiger partial charge >= 0.3 is 0 Å². The Morgan fingerprint density at radius 1 is 1.06 bits per heavy atom. The molecule has 3 rings (SSSR count). The summed E-state index contributed by atoms with van der Waals surface area (Å²) in [5.74, 6) is 0.555. The first-order chi connectivity index (χ1) is 14.9. The van der Waals surface area contributed by atoms with E-state index in [0.717, 1.165) is 16.8 Å². The van der Waals surface area contributed by atoms with Crippen molar-refractivity contribution in [1.29, 1.82) is 0 Å². The lowest BCUT2D eigenvalue weighted by Crippen LogP contribution is -2.34. The van der Waals surface area contributed by atoms with Crippen molar-refractivity contribution in [3.63, 3.8) is 0 Å². The predicted molar refractivity (Wildman–Crippen MR) is 119 cm³/mol. The van der Waals surface area contributed by atoms with Crippen LogP contribution >= 0.6 is 0 Å². The van der Waals surface area contributed by atoms with Crippen LogP contribution in [0.5, 0.6) is 0 Å². The van der Waals surface area contributed by atoms with Crippen molar-refractivity contribution in [3.05, 3.63) is 60.2 Å². The summed E-state index contributed by atoms with van der Waals surface area (Å²) in [7, 11) is 0. The summed E-state index contributed by atoms with van der Waals surface area (Å²) in [5, 5.41) is 15.4. The lowest BCUT2D eigenvalue weighted by molar-refractivity contribution is -0.131.